The molecule has 2 saturated carbocycles. The molecule has 0 N–H and O–H groups in total. The van der Waals surface area contributed by atoms with Crippen LogP contribution in [-0.4, -0.2) is 27.1 Å². The number of nitrogens with zero attached hydrogens (tertiary/aromatic N) is 3. The average molecular weight is 547 g/mol. The van der Waals surface area contributed by atoms with Crippen LogP contribution in [0.5, 0.6) is 11.5 Å². The molecule has 2 bridgehead atoms. The Balaban J connectivity index is 1.28. The lowest BCUT2D eigenvalue weighted by Crippen LogP contribution is -2.24. The van der Waals surface area contributed by atoms with E-state index in [-0.39, 0.29) is 24.2 Å². The maximum absolute atomic E-state index is 14.1. The van der Waals surface area contributed by atoms with Crippen molar-refractivity contribution in [1.82, 2.24) is 14.8 Å². The van der Waals surface area contributed by atoms with Gasteiger partial charge in [-0.25, -0.2) is 4.39 Å². The van der Waals surface area contributed by atoms with Gasteiger partial charge in [-0.3, -0.25) is 4.57 Å². The zero-order valence-electron chi connectivity index (χ0n) is 19.2. The molecule has 2 aromatic carbocycles. The molecule has 5 rings (SSSR count). The Hall–Kier alpha value is -2.06. The molecule has 2 aliphatic carbocycles. The van der Waals surface area contributed by atoms with Crippen molar-refractivity contribution in [3.8, 4) is 11.5 Å². The summed E-state index contributed by atoms with van der Waals surface area (Å²) in [6, 6.07) is 14.6. The van der Waals surface area contributed by atoms with E-state index in [2.05, 4.69) is 37.6 Å². The maximum atomic E-state index is 14.1. The summed E-state index contributed by atoms with van der Waals surface area (Å²) < 4.78 is 29.0. The van der Waals surface area contributed by atoms with Gasteiger partial charge in [0.15, 0.2) is 22.5 Å². The highest BCUT2D eigenvalue weighted by molar-refractivity contribution is 9.10. The normalized spacial score (nSPS) is 22.1. The van der Waals surface area contributed by atoms with E-state index in [0.717, 1.165) is 38.8 Å². The molecule has 0 spiro atoms. The molecule has 0 radical (unpaired) electrons. The van der Waals surface area contributed by atoms with Crippen molar-refractivity contribution in [2.75, 3.05) is 12.4 Å². The van der Waals surface area contributed by atoms with Crippen LogP contribution in [0.1, 0.15) is 44.5 Å². The summed E-state index contributed by atoms with van der Waals surface area (Å²) in [6.07, 6.45) is 5.32. The first-order chi connectivity index (χ1) is 16.6. The minimum absolute atomic E-state index is 0.190. The molecule has 2 fully saturated rings. The van der Waals surface area contributed by atoms with Gasteiger partial charge in [-0.05, 0) is 80.3 Å². The van der Waals surface area contributed by atoms with Crippen LogP contribution < -0.4 is 9.47 Å². The van der Waals surface area contributed by atoms with Crippen molar-refractivity contribution in [3.63, 3.8) is 0 Å². The van der Waals surface area contributed by atoms with Crippen molar-refractivity contribution < 1.29 is 13.9 Å². The van der Waals surface area contributed by atoms with Crippen LogP contribution in [0.15, 0.2) is 58.2 Å². The molecular weight excluding hydrogens is 517 g/mol. The Morgan fingerprint density at radius 1 is 1.09 bits per heavy atom. The van der Waals surface area contributed by atoms with Crippen LogP contribution in [-0.2, 0) is 6.61 Å². The first kappa shape index (κ1) is 23.7. The van der Waals surface area contributed by atoms with E-state index in [9.17, 15) is 4.39 Å². The van der Waals surface area contributed by atoms with Crippen molar-refractivity contribution in [2.45, 2.75) is 50.4 Å². The van der Waals surface area contributed by atoms with Crippen molar-refractivity contribution in [2.24, 2.45) is 17.8 Å². The monoisotopic (exact) mass is 545 g/mol. The van der Waals surface area contributed by atoms with Gasteiger partial charge in [0.25, 0.3) is 0 Å². The molecule has 0 amide bonds. The number of rotatable bonds is 10. The first-order valence-corrected chi connectivity index (χ1v) is 13.7. The standard InChI is InChI=1S/C26H29BrFN3O2S/c1-17(22-15-18-6-7-19(22)14-18)31-25(16-33-24-5-3-2-4-23(24)28)29-30-26(31)34-13-12-32-21-10-8-20(27)9-11-21/h2-5,8-11,17-19,22H,6-7,12-16H2,1H3. The molecule has 180 valence electrons. The zero-order valence-corrected chi connectivity index (χ0v) is 21.6. The van der Waals surface area contributed by atoms with E-state index < -0.39 is 0 Å². The Labute approximate surface area is 212 Å². The molecule has 4 unspecified atom stereocenters. The molecule has 2 aliphatic rings. The SMILES string of the molecule is CC(C1CC2CCC1C2)n1c(COc2ccccc2F)nnc1SCCOc1ccc(Br)cc1. The zero-order chi connectivity index (χ0) is 23.5. The Bertz CT molecular complexity index is 1110. The molecule has 8 heteroatoms. The summed E-state index contributed by atoms with van der Waals surface area (Å²) in [4.78, 5) is 0. The van der Waals surface area contributed by atoms with Gasteiger partial charge in [-0.15, -0.1) is 10.2 Å². The van der Waals surface area contributed by atoms with Gasteiger partial charge in [-0.2, -0.15) is 0 Å². The Morgan fingerprint density at radius 2 is 1.91 bits per heavy atom. The fourth-order valence-corrected chi connectivity index (χ4v) is 6.64. The third-order valence-corrected chi connectivity index (χ3v) is 8.58. The second-order valence-electron chi connectivity index (χ2n) is 9.22. The van der Waals surface area contributed by atoms with Gasteiger partial charge in [0.05, 0.1) is 6.61 Å². The number of benzene rings is 2. The maximum Gasteiger partial charge on any atom is 0.191 e. The summed E-state index contributed by atoms with van der Waals surface area (Å²) in [5, 5.41) is 9.84. The van der Waals surface area contributed by atoms with Gasteiger partial charge in [0.1, 0.15) is 12.4 Å². The Kier molecular flexibility index (Phi) is 7.44. The van der Waals surface area contributed by atoms with Gasteiger partial charge < -0.3 is 9.47 Å². The van der Waals surface area contributed by atoms with Gasteiger partial charge in [-0.1, -0.05) is 46.2 Å². The van der Waals surface area contributed by atoms with E-state index in [1.807, 2.05) is 24.3 Å². The molecule has 4 atom stereocenters. The number of ether oxygens (including phenoxy) is 2. The highest BCUT2D eigenvalue weighted by Crippen LogP contribution is 2.52. The summed E-state index contributed by atoms with van der Waals surface area (Å²) in [5.74, 6) is 4.49. The second kappa shape index (κ2) is 10.7. The van der Waals surface area contributed by atoms with Crippen molar-refractivity contribution in [3.05, 3.63) is 64.6 Å². The van der Waals surface area contributed by atoms with E-state index in [1.54, 1.807) is 30.0 Å². The molecule has 5 nitrogen and oxygen atoms in total. The molecule has 1 aromatic heterocycles. The molecule has 0 aliphatic heterocycles. The number of hydrogen-bond donors (Lipinski definition) is 0. The molecular formula is C26H29BrFN3O2S. The van der Waals surface area contributed by atoms with Crippen LogP contribution >= 0.6 is 27.7 Å². The summed E-state index contributed by atoms with van der Waals surface area (Å²) in [6.45, 7) is 3.04. The van der Waals surface area contributed by atoms with E-state index in [1.165, 1.54) is 31.7 Å². The number of fused-ring (bicyclic) bond motifs is 2. The summed E-state index contributed by atoms with van der Waals surface area (Å²) in [5.41, 5.74) is 0. The van der Waals surface area contributed by atoms with Gasteiger partial charge >= 0.3 is 0 Å². The lowest BCUT2D eigenvalue weighted by atomic mass is 9.84. The minimum Gasteiger partial charge on any atom is -0.493 e. The van der Waals surface area contributed by atoms with Crippen LogP contribution in [0.2, 0.25) is 0 Å². The van der Waals surface area contributed by atoms with E-state index in [0.29, 0.717) is 12.5 Å². The quantitative estimate of drug-likeness (QED) is 0.204. The van der Waals surface area contributed by atoms with Crippen LogP contribution in [0, 0.1) is 23.6 Å². The number of para-hydroxylation sites is 1. The summed E-state index contributed by atoms with van der Waals surface area (Å²) >= 11 is 5.09. The van der Waals surface area contributed by atoms with Crippen LogP contribution in [0.3, 0.4) is 0 Å². The average Bonchev–Trinajstić information content (AvgIpc) is 3.58. The lowest BCUT2D eigenvalue weighted by Gasteiger charge is -2.30. The van der Waals surface area contributed by atoms with Crippen molar-refractivity contribution in [1.29, 1.82) is 0 Å². The minimum atomic E-state index is -0.366. The highest BCUT2D eigenvalue weighted by atomic mass is 79.9. The Morgan fingerprint density at radius 3 is 2.65 bits per heavy atom. The third kappa shape index (κ3) is 5.28. The first-order valence-electron chi connectivity index (χ1n) is 11.9. The third-order valence-electron chi connectivity index (χ3n) is 7.15. The number of halogens is 2. The smallest absolute Gasteiger partial charge is 0.191 e. The summed E-state index contributed by atoms with van der Waals surface area (Å²) in [7, 11) is 0. The van der Waals surface area contributed by atoms with Gasteiger partial charge in [0.2, 0.25) is 0 Å². The second-order valence-corrected chi connectivity index (χ2v) is 11.2. The molecule has 34 heavy (non-hydrogen) atoms. The van der Waals surface area contributed by atoms with Crippen LogP contribution in [0.4, 0.5) is 4.39 Å². The topological polar surface area (TPSA) is 49.2 Å². The van der Waals surface area contributed by atoms with Crippen molar-refractivity contribution >= 4 is 27.7 Å². The molecule has 1 heterocycles. The molecule has 0 saturated heterocycles. The highest BCUT2D eigenvalue weighted by Gasteiger charge is 2.43. The van der Waals surface area contributed by atoms with E-state index in [4.69, 9.17) is 9.47 Å². The number of aromatic nitrogens is 3. The predicted octanol–water partition coefficient (Wildman–Crippen LogP) is 6.93. The number of thioether (sulfide) groups is 1. The molecule has 3 aromatic rings. The predicted molar refractivity (Wildman–Crippen MR) is 135 cm³/mol. The largest absolute Gasteiger partial charge is 0.493 e. The van der Waals surface area contributed by atoms with Crippen LogP contribution in [0.25, 0.3) is 0 Å². The fourth-order valence-electron chi connectivity index (χ4n) is 5.52. The number of hydrogen-bond acceptors (Lipinski definition) is 5. The fraction of sp³-hybridized carbons (Fsp3) is 0.462. The lowest BCUT2D eigenvalue weighted by molar-refractivity contribution is 0.215. The van der Waals surface area contributed by atoms with E-state index >= 15 is 0 Å². The van der Waals surface area contributed by atoms with Gasteiger partial charge in [0, 0.05) is 16.3 Å².